The zero-order chi connectivity index (χ0) is 16.4. The number of hydrogen-bond acceptors (Lipinski definition) is 4. The molecule has 0 radical (unpaired) electrons. The largest absolute Gasteiger partial charge is 0.494 e. The summed E-state index contributed by atoms with van der Waals surface area (Å²) in [5, 5.41) is 2.90. The lowest BCUT2D eigenvalue weighted by molar-refractivity contribution is 0.0942. The Morgan fingerprint density at radius 3 is 2.30 bits per heavy atom. The molecule has 0 fully saturated rings. The van der Waals surface area contributed by atoms with E-state index in [1.165, 1.54) is 0 Å². The molecule has 0 heterocycles. The molecule has 0 saturated carbocycles. The van der Waals surface area contributed by atoms with E-state index < -0.39 is 0 Å². The van der Waals surface area contributed by atoms with Crippen LogP contribution >= 0.6 is 12.4 Å². The van der Waals surface area contributed by atoms with Gasteiger partial charge in [-0.1, -0.05) is 13.8 Å². The molecule has 0 unspecified atom stereocenters. The van der Waals surface area contributed by atoms with Crippen molar-refractivity contribution in [2.45, 2.75) is 38.6 Å². The van der Waals surface area contributed by atoms with Crippen LogP contribution in [0.4, 0.5) is 0 Å². The molecule has 6 heteroatoms. The maximum absolute atomic E-state index is 12.1. The molecule has 0 aliphatic heterocycles. The fourth-order valence-corrected chi connectivity index (χ4v) is 1.95. The van der Waals surface area contributed by atoms with Gasteiger partial charge in [0, 0.05) is 37.8 Å². The van der Waals surface area contributed by atoms with Crippen molar-refractivity contribution in [2.75, 3.05) is 26.9 Å². The summed E-state index contributed by atoms with van der Waals surface area (Å²) in [6, 6.07) is 7.13. The highest BCUT2D eigenvalue weighted by Crippen LogP contribution is 2.13. The molecule has 0 saturated heterocycles. The van der Waals surface area contributed by atoms with Crippen LogP contribution in [-0.4, -0.2) is 38.3 Å². The van der Waals surface area contributed by atoms with Crippen LogP contribution in [0.1, 0.15) is 43.5 Å². The second kappa shape index (κ2) is 11.3. The molecule has 0 bridgehead atoms. The summed E-state index contributed by atoms with van der Waals surface area (Å²) >= 11 is 0. The lowest BCUT2D eigenvalue weighted by atomic mass is 9.94. The summed E-state index contributed by atoms with van der Waals surface area (Å²) in [4.78, 5) is 12.1. The first-order valence-electron chi connectivity index (χ1n) is 7.83. The minimum absolute atomic E-state index is 0. The van der Waals surface area contributed by atoms with Gasteiger partial charge in [0.2, 0.25) is 0 Å². The number of methoxy groups -OCH3 is 1. The van der Waals surface area contributed by atoms with Gasteiger partial charge in [0.1, 0.15) is 5.75 Å². The third-order valence-corrected chi connectivity index (χ3v) is 3.89. The van der Waals surface area contributed by atoms with Gasteiger partial charge in [-0.15, -0.1) is 12.4 Å². The van der Waals surface area contributed by atoms with Crippen molar-refractivity contribution in [1.29, 1.82) is 0 Å². The molecule has 0 aliphatic carbocycles. The van der Waals surface area contributed by atoms with E-state index in [0.29, 0.717) is 25.3 Å². The first kappa shape index (κ1) is 21.7. The summed E-state index contributed by atoms with van der Waals surface area (Å²) < 4.78 is 10.5. The first-order chi connectivity index (χ1) is 10.5. The van der Waals surface area contributed by atoms with Crippen molar-refractivity contribution in [1.82, 2.24) is 5.32 Å². The number of carbonyl (C=O) groups is 1. The Kier molecular flexibility index (Phi) is 10.6. The average Bonchev–Trinajstić information content (AvgIpc) is 2.57. The van der Waals surface area contributed by atoms with Gasteiger partial charge < -0.3 is 20.5 Å². The molecule has 0 atom stereocenters. The van der Waals surface area contributed by atoms with E-state index in [9.17, 15) is 4.79 Å². The number of amides is 1. The monoisotopic (exact) mass is 344 g/mol. The Morgan fingerprint density at radius 2 is 1.78 bits per heavy atom. The minimum atomic E-state index is -0.333. The van der Waals surface area contributed by atoms with Gasteiger partial charge in [0.25, 0.3) is 5.91 Å². The van der Waals surface area contributed by atoms with Crippen molar-refractivity contribution < 1.29 is 14.3 Å². The van der Waals surface area contributed by atoms with Crippen molar-refractivity contribution >= 4 is 18.3 Å². The van der Waals surface area contributed by atoms with Crippen molar-refractivity contribution in [3.8, 4) is 5.75 Å². The van der Waals surface area contributed by atoms with Crippen LogP contribution in [0.3, 0.4) is 0 Å². The van der Waals surface area contributed by atoms with Crippen LogP contribution in [0, 0.1) is 0 Å². The van der Waals surface area contributed by atoms with E-state index in [2.05, 4.69) is 5.32 Å². The van der Waals surface area contributed by atoms with Gasteiger partial charge in [-0.25, -0.2) is 0 Å². The molecule has 0 aliphatic rings. The number of ether oxygens (including phenoxy) is 2. The number of carbonyl (C=O) groups excluding carboxylic acids is 1. The molecule has 5 nitrogen and oxygen atoms in total. The Hall–Kier alpha value is -1.30. The summed E-state index contributed by atoms with van der Waals surface area (Å²) in [5.41, 5.74) is 6.46. The van der Waals surface area contributed by atoms with Crippen LogP contribution < -0.4 is 15.8 Å². The van der Waals surface area contributed by atoms with Gasteiger partial charge in [0.15, 0.2) is 0 Å². The number of hydrogen-bond donors (Lipinski definition) is 2. The van der Waals surface area contributed by atoms with E-state index in [-0.39, 0.29) is 23.9 Å². The number of benzene rings is 1. The predicted octanol–water partition coefficient (Wildman–Crippen LogP) is 2.77. The second-order valence-corrected chi connectivity index (χ2v) is 5.47. The van der Waals surface area contributed by atoms with Gasteiger partial charge in [0.05, 0.1) is 6.61 Å². The van der Waals surface area contributed by atoms with Crippen LogP contribution in [0.25, 0.3) is 0 Å². The highest BCUT2D eigenvalue weighted by molar-refractivity contribution is 5.94. The molecule has 1 aromatic rings. The number of halogens is 1. The Balaban J connectivity index is 0.00000484. The molecule has 0 aromatic heterocycles. The second-order valence-electron chi connectivity index (χ2n) is 5.47. The average molecular weight is 345 g/mol. The summed E-state index contributed by atoms with van der Waals surface area (Å²) in [5.74, 6) is 0.644. The maximum Gasteiger partial charge on any atom is 0.251 e. The van der Waals surface area contributed by atoms with Crippen LogP contribution in [0.2, 0.25) is 0 Å². The molecule has 3 N–H and O–H groups in total. The SMILES string of the molecule is CCC(N)(CC)CNC(=O)c1ccc(OCCCOC)cc1.Cl. The Bertz CT molecular complexity index is 448. The summed E-state index contributed by atoms with van der Waals surface area (Å²) in [6.07, 6.45) is 2.50. The summed E-state index contributed by atoms with van der Waals surface area (Å²) in [6.45, 7) is 5.82. The molecule has 0 spiro atoms. The molecule has 132 valence electrons. The zero-order valence-corrected chi connectivity index (χ0v) is 15.1. The fourth-order valence-electron chi connectivity index (χ4n) is 1.95. The molecular weight excluding hydrogens is 316 g/mol. The van der Waals surface area contributed by atoms with Gasteiger partial charge in [-0.05, 0) is 37.1 Å². The van der Waals surface area contributed by atoms with E-state index in [0.717, 1.165) is 25.0 Å². The number of nitrogens with two attached hydrogens (primary N) is 1. The Labute approximate surface area is 145 Å². The van der Waals surface area contributed by atoms with E-state index in [1.54, 1.807) is 31.4 Å². The normalized spacial score (nSPS) is 10.8. The Morgan fingerprint density at radius 1 is 1.17 bits per heavy atom. The lowest BCUT2D eigenvalue weighted by Gasteiger charge is -2.26. The van der Waals surface area contributed by atoms with Crippen molar-refractivity contribution in [2.24, 2.45) is 5.73 Å². The third kappa shape index (κ3) is 7.68. The molecule has 23 heavy (non-hydrogen) atoms. The standard InChI is InChI=1S/C17H28N2O3.ClH/c1-4-17(18,5-2)13-19-16(20)14-7-9-15(10-8-14)22-12-6-11-21-3;/h7-10H,4-6,11-13,18H2,1-3H3,(H,19,20);1H. The number of rotatable bonds is 10. The first-order valence-corrected chi connectivity index (χ1v) is 7.83. The zero-order valence-electron chi connectivity index (χ0n) is 14.3. The molecule has 1 aromatic carbocycles. The third-order valence-electron chi connectivity index (χ3n) is 3.89. The van der Waals surface area contributed by atoms with Gasteiger partial charge >= 0.3 is 0 Å². The maximum atomic E-state index is 12.1. The van der Waals surface area contributed by atoms with Crippen molar-refractivity contribution in [3.05, 3.63) is 29.8 Å². The summed E-state index contributed by atoms with van der Waals surface area (Å²) in [7, 11) is 1.67. The predicted molar refractivity (Wildman–Crippen MR) is 95.5 cm³/mol. The minimum Gasteiger partial charge on any atom is -0.494 e. The molecular formula is C17H29ClN2O3. The lowest BCUT2D eigenvalue weighted by Crippen LogP contribution is -2.49. The van der Waals surface area contributed by atoms with E-state index in [1.807, 2.05) is 13.8 Å². The van der Waals surface area contributed by atoms with Gasteiger partial charge in [-0.2, -0.15) is 0 Å². The van der Waals surface area contributed by atoms with E-state index in [4.69, 9.17) is 15.2 Å². The fraction of sp³-hybridized carbons (Fsp3) is 0.588. The topological polar surface area (TPSA) is 73.6 Å². The van der Waals surface area contributed by atoms with Crippen LogP contribution in [-0.2, 0) is 4.74 Å². The van der Waals surface area contributed by atoms with Crippen LogP contribution in [0.15, 0.2) is 24.3 Å². The highest BCUT2D eigenvalue weighted by Gasteiger charge is 2.21. The van der Waals surface area contributed by atoms with Gasteiger partial charge in [-0.3, -0.25) is 4.79 Å². The molecule has 1 amide bonds. The van der Waals surface area contributed by atoms with Crippen molar-refractivity contribution in [3.63, 3.8) is 0 Å². The van der Waals surface area contributed by atoms with Crippen LogP contribution in [0.5, 0.6) is 5.75 Å². The number of nitrogens with one attached hydrogen (secondary N) is 1. The highest BCUT2D eigenvalue weighted by atomic mass is 35.5. The van der Waals surface area contributed by atoms with E-state index >= 15 is 0 Å². The molecule has 1 rings (SSSR count). The smallest absolute Gasteiger partial charge is 0.251 e. The quantitative estimate of drug-likeness (QED) is 0.640.